The maximum atomic E-state index is 12.0. The Morgan fingerprint density at radius 3 is 2.78 bits per heavy atom. The van der Waals surface area contributed by atoms with Crippen LogP contribution in [0.3, 0.4) is 0 Å². The number of nitrogens with one attached hydrogen (secondary N) is 2. The first-order valence-corrected chi connectivity index (χ1v) is 8.41. The number of hydrogen-bond acceptors (Lipinski definition) is 3. The van der Waals surface area contributed by atoms with E-state index in [4.69, 9.17) is 0 Å². The van der Waals surface area contributed by atoms with Gasteiger partial charge >= 0.3 is 6.03 Å². The smallest absolute Gasteiger partial charge is 0.315 e. The third-order valence-electron chi connectivity index (χ3n) is 4.09. The zero-order valence-corrected chi connectivity index (χ0v) is 14.3. The molecule has 0 spiro atoms. The van der Waals surface area contributed by atoms with Crippen LogP contribution in [0, 0.1) is 5.92 Å². The molecule has 6 nitrogen and oxygen atoms in total. The highest BCUT2D eigenvalue weighted by Gasteiger charge is 2.20. The number of nitrogens with zero attached hydrogens (tertiary/aromatic N) is 3. The number of piperidine rings is 1. The van der Waals surface area contributed by atoms with Crippen LogP contribution in [0.4, 0.5) is 4.79 Å². The van der Waals surface area contributed by atoms with Gasteiger partial charge in [0.05, 0.1) is 0 Å². The third kappa shape index (κ3) is 6.44. The standard InChI is InChI=1S/C17H29N5O/c1-14(2)12-21-9-5-16(6-10-21)20-17(23)18-11-15(3)13-22-8-4-7-19-22/h4,7-8,15-16H,1,5-6,9-13H2,2-3H3,(H2,18,20,23). The van der Waals surface area contributed by atoms with Gasteiger partial charge in [-0.05, 0) is 31.7 Å². The van der Waals surface area contributed by atoms with Crippen LogP contribution in [-0.4, -0.2) is 52.9 Å². The quantitative estimate of drug-likeness (QED) is 0.754. The van der Waals surface area contributed by atoms with Crippen LogP contribution in [-0.2, 0) is 6.54 Å². The van der Waals surface area contributed by atoms with Gasteiger partial charge in [-0.2, -0.15) is 5.10 Å². The Hall–Kier alpha value is -1.82. The van der Waals surface area contributed by atoms with E-state index in [-0.39, 0.29) is 12.1 Å². The van der Waals surface area contributed by atoms with Gasteiger partial charge in [0.15, 0.2) is 0 Å². The van der Waals surface area contributed by atoms with Gasteiger partial charge in [-0.1, -0.05) is 19.1 Å². The van der Waals surface area contributed by atoms with Crippen molar-refractivity contribution in [1.29, 1.82) is 0 Å². The molecule has 1 aromatic rings. The van der Waals surface area contributed by atoms with Crippen LogP contribution in [0.5, 0.6) is 0 Å². The first-order chi connectivity index (χ1) is 11.0. The number of amides is 2. The normalized spacial score (nSPS) is 17.7. The number of likely N-dealkylation sites (tertiary alicyclic amines) is 1. The highest BCUT2D eigenvalue weighted by atomic mass is 16.2. The maximum Gasteiger partial charge on any atom is 0.315 e. The number of aromatic nitrogens is 2. The van der Waals surface area contributed by atoms with E-state index in [2.05, 4.69) is 41.1 Å². The molecule has 2 N–H and O–H groups in total. The number of carbonyl (C=O) groups is 1. The predicted octanol–water partition coefficient (Wildman–Crippen LogP) is 1.86. The fraction of sp³-hybridized carbons (Fsp3) is 0.647. The van der Waals surface area contributed by atoms with E-state index in [0.717, 1.165) is 39.0 Å². The van der Waals surface area contributed by atoms with Crippen LogP contribution in [0.15, 0.2) is 30.6 Å². The molecule has 1 aliphatic heterocycles. The summed E-state index contributed by atoms with van der Waals surface area (Å²) in [5, 5.41) is 10.2. The molecule has 128 valence electrons. The summed E-state index contributed by atoms with van der Waals surface area (Å²) in [5.41, 5.74) is 1.19. The molecule has 1 saturated heterocycles. The zero-order valence-electron chi connectivity index (χ0n) is 14.3. The SMILES string of the molecule is C=C(C)CN1CCC(NC(=O)NCC(C)Cn2cccn2)CC1. The molecule has 2 amide bonds. The molecular weight excluding hydrogens is 290 g/mol. The fourth-order valence-electron chi connectivity index (χ4n) is 2.91. The van der Waals surface area contributed by atoms with Crippen molar-refractivity contribution in [2.75, 3.05) is 26.2 Å². The average molecular weight is 319 g/mol. The molecule has 2 rings (SSSR count). The highest BCUT2D eigenvalue weighted by Crippen LogP contribution is 2.11. The number of hydrogen-bond donors (Lipinski definition) is 2. The van der Waals surface area contributed by atoms with Crippen molar-refractivity contribution in [1.82, 2.24) is 25.3 Å². The molecule has 1 unspecified atom stereocenters. The third-order valence-corrected chi connectivity index (χ3v) is 4.09. The fourth-order valence-corrected chi connectivity index (χ4v) is 2.91. The molecule has 0 aromatic carbocycles. The van der Waals surface area contributed by atoms with Crippen molar-refractivity contribution in [3.63, 3.8) is 0 Å². The molecule has 0 bridgehead atoms. The number of urea groups is 1. The molecule has 6 heteroatoms. The molecule has 0 saturated carbocycles. The Labute approximate surface area is 138 Å². The second kappa shape index (κ2) is 8.72. The minimum atomic E-state index is -0.0596. The van der Waals surface area contributed by atoms with E-state index in [1.165, 1.54) is 5.57 Å². The topological polar surface area (TPSA) is 62.2 Å². The molecule has 0 radical (unpaired) electrons. The van der Waals surface area contributed by atoms with Crippen molar-refractivity contribution in [3.8, 4) is 0 Å². The first-order valence-electron chi connectivity index (χ1n) is 8.41. The summed E-state index contributed by atoms with van der Waals surface area (Å²) in [6.45, 7) is 12.6. The van der Waals surface area contributed by atoms with Gasteiger partial charge in [0.1, 0.15) is 0 Å². The minimum Gasteiger partial charge on any atom is -0.338 e. The Morgan fingerprint density at radius 2 is 2.17 bits per heavy atom. The molecule has 1 aromatic heterocycles. The average Bonchev–Trinajstić information content (AvgIpc) is 2.99. The first kappa shape index (κ1) is 17.5. The summed E-state index contributed by atoms with van der Waals surface area (Å²) < 4.78 is 1.89. The van der Waals surface area contributed by atoms with E-state index in [9.17, 15) is 4.79 Å². The van der Waals surface area contributed by atoms with Crippen molar-refractivity contribution in [2.24, 2.45) is 5.92 Å². The molecule has 1 atom stereocenters. The van der Waals surface area contributed by atoms with Crippen molar-refractivity contribution < 1.29 is 4.79 Å². The molecule has 1 fully saturated rings. The van der Waals surface area contributed by atoms with E-state index >= 15 is 0 Å². The number of rotatable bonds is 7. The van der Waals surface area contributed by atoms with Gasteiger partial charge in [0.2, 0.25) is 0 Å². The summed E-state index contributed by atoms with van der Waals surface area (Å²) in [4.78, 5) is 14.4. The lowest BCUT2D eigenvalue weighted by Gasteiger charge is -2.32. The Balaban J connectivity index is 1.61. The van der Waals surface area contributed by atoms with E-state index in [1.807, 2.05) is 16.9 Å². The van der Waals surface area contributed by atoms with Crippen LogP contribution in [0.2, 0.25) is 0 Å². The summed E-state index contributed by atoms with van der Waals surface area (Å²) in [6, 6.07) is 2.13. The number of carbonyl (C=O) groups excluding carboxylic acids is 1. The predicted molar refractivity (Wildman–Crippen MR) is 92.2 cm³/mol. The van der Waals surface area contributed by atoms with Crippen molar-refractivity contribution in [2.45, 2.75) is 39.3 Å². The maximum absolute atomic E-state index is 12.0. The second-order valence-corrected chi connectivity index (χ2v) is 6.70. The van der Waals surface area contributed by atoms with Gasteiger partial charge in [-0.25, -0.2) is 4.79 Å². The van der Waals surface area contributed by atoms with Gasteiger partial charge in [0, 0.05) is 51.2 Å². The molecular formula is C17H29N5O. The van der Waals surface area contributed by atoms with Crippen LogP contribution < -0.4 is 10.6 Å². The summed E-state index contributed by atoms with van der Waals surface area (Å²) in [6.07, 6.45) is 5.72. The van der Waals surface area contributed by atoms with Gasteiger partial charge in [-0.3, -0.25) is 9.58 Å². The van der Waals surface area contributed by atoms with Crippen LogP contribution >= 0.6 is 0 Å². The highest BCUT2D eigenvalue weighted by molar-refractivity contribution is 5.74. The molecule has 23 heavy (non-hydrogen) atoms. The Kier molecular flexibility index (Phi) is 6.65. The largest absolute Gasteiger partial charge is 0.338 e. The summed E-state index contributed by atoms with van der Waals surface area (Å²) >= 11 is 0. The summed E-state index contributed by atoms with van der Waals surface area (Å²) in [7, 11) is 0. The molecule has 0 aliphatic carbocycles. The monoisotopic (exact) mass is 319 g/mol. The van der Waals surface area contributed by atoms with Gasteiger partial charge < -0.3 is 10.6 Å². The lowest BCUT2D eigenvalue weighted by atomic mass is 10.0. The lowest BCUT2D eigenvalue weighted by molar-refractivity contribution is 0.201. The second-order valence-electron chi connectivity index (χ2n) is 6.70. The Bertz CT molecular complexity index is 491. The van der Waals surface area contributed by atoms with Gasteiger partial charge in [0.25, 0.3) is 0 Å². The van der Waals surface area contributed by atoms with E-state index < -0.39 is 0 Å². The van der Waals surface area contributed by atoms with Gasteiger partial charge in [-0.15, -0.1) is 0 Å². The summed E-state index contributed by atoms with van der Waals surface area (Å²) in [5.74, 6) is 0.345. The van der Waals surface area contributed by atoms with E-state index in [1.54, 1.807) is 6.20 Å². The Morgan fingerprint density at radius 1 is 1.43 bits per heavy atom. The lowest BCUT2D eigenvalue weighted by Crippen LogP contribution is -2.48. The van der Waals surface area contributed by atoms with Crippen LogP contribution in [0.1, 0.15) is 26.7 Å². The molecule has 1 aliphatic rings. The van der Waals surface area contributed by atoms with E-state index in [0.29, 0.717) is 12.5 Å². The van der Waals surface area contributed by atoms with Crippen LogP contribution in [0.25, 0.3) is 0 Å². The van der Waals surface area contributed by atoms with Crippen molar-refractivity contribution >= 4 is 6.03 Å². The zero-order chi connectivity index (χ0) is 16.7. The minimum absolute atomic E-state index is 0.0596. The van der Waals surface area contributed by atoms with Crippen molar-refractivity contribution in [3.05, 3.63) is 30.6 Å². The molecule has 2 heterocycles.